The van der Waals surface area contributed by atoms with Crippen molar-refractivity contribution in [2.24, 2.45) is 0 Å². The Morgan fingerprint density at radius 2 is 2.40 bits per heavy atom. The van der Waals surface area contributed by atoms with Crippen molar-refractivity contribution in [3.8, 4) is 0 Å². The van der Waals surface area contributed by atoms with E-state index in [2.05, 4.69) is 22.6 Å². The summed E-state index contributed by atoms with van der Waals surface area (Å²) in [6.45, 7) is 8.30. The summed E-state index contributed by atoms with van der Waals surface area (Å²) in [7, 11) is 0. The number of nitrogens with one attached hydrogen (secondary N) is 1. The van der Waals surface area contributed by atoms with Crippen LogP contribution in [-0.2, 0) is 17.8 Å². The maximum absolute atomic E-state index is 5.49. The molecule has 1 aromatic rings. The van der Waals surface area contributed by atoms with Crippen LogP contribution < -0.4 is 5.32 Å². The zero-order valence-electron chi connectivity index (χ0n) is 9.36. The van der Waals surface area contributed by atoms with E-state index in [1.165, 1.54) is 5.69 Å². The Bertz CT molecular complexity index is 310. The molecule has 1 aliphatic heterocycles. The molecule has 0 aliphatic carbocycles. The first-order valence-corrected chi connectivity index (χ1v) is 5.57. The molecule has 1 N–H and O–H groups in total. The minimum Gasteiger partial charge on any atom is -0.381 e. The van der Waals surface area contributed by atoms with Crippen molar-refractivity contribution in [1.82, 2.24) is 20.3 Å². The van der Waals surface area contributed by atoms with Crippen molar-refractivity contribution >= 4 is 0 Å². The van der Waals surface area contributed by atoms with Gasteiger partial charge in [-0.25, -0.2) is 4.68 Å². The Hall–Kier alpha value is -0.940. The van der Waals surface area contributed by atoms with Gasteiger partial charge in [-0.2, -0.15) is 0 Å². The molecule has 15 heavy (non-hydrogen) atoms. The molecule has 1 atom stereocenters. The van der Waals surface area contributed by atoms with Crippen LogP contribution in [0.15, 0.2) is 0 Å². The summed E-state index contributed by atoms with van der Waals surface area (Å²) in [6.07, 6.45) is 0. The van der Waals surface area contributed by atoms with E-state index in [4.69, 9.17) is 4.74 Å². The lowest BCUT2D eigenvalue weighted by Crippen LogP contribution is -2.32. The average molecular weight is 210 g/mol. The second-order valence-corrected chi connectivity index (χ2v) is 3.72. The third kappa shape index (κ3) is 2.03. The van der Waals surface area contributed by atoms with E-state index < -0.39 is 0 Å². The van der Waals surface area contributed by atoms with E-state index in [1.54, 1.807) is 0 Å². The van der Waals surface area contributed by atoms with Crippen molar-refractivity contribution in [3.05, 3.63) is 11.4 Å². The van der Waals surface area contributed by atoms with Crippen LogP contribution in [0.5, 0.6) is 0 Å². The molecule has 0 saturated carbocycles. The van der Waals surface area contributed by atoms with Crippen molar-refractivity contribution in [3.63, 3.8) is 0 Å². The molecule has 84 valence electrons. The van der Waals surface area contributed by atoms with Crippen LogP contribution in [0.4, 0.5) is 0 Å². The minimum atomic E-state index is 0.392. The van der Waals surface area contributed by atoms with Gasteiger partial charge < -0.3 is 10.1 Å². The average Bonchev–Trinajstić information content (AvgIpc) is 2.69. The summed E-state index contributed by atoms with van der Waals surface area (Å²) in [5.41, 5.74) is 2.33. The van der Waals surface area contributed by atoms with E-state index in [0.29, 0.717) is 5.92 Å². The maximum Gasteiger partial charge on any atom is 0.100 e. The summed E-state index contributed by atoms with van der Waals surface area (Å²) in [4.78, 5) is 0. The third-order valence-electron chi connectivity index (χ3n) is 2.74. The highest BCUT2D eigenvalue weighted by Gasteiger charge is 2.25. The molecule has 0 unspecified atom stereocenters. The van der Waals surface area contributed by atoms with Crippen LogP contribution in [0, 0.1) is 0 Å². The molecule has 0 fully saturated rings. The van der Waals surface area contributed by atoms with E-state index in [-0.39, 0.29) is 0 Å². The largest absolute Gasteiger partial charge is 0.381 e. The zero-order chi connectivity index (χ0) is 10.7. The Kier molecular flexibility index (Phi) is 3.33. The maximum atomic E-state index is 5.49. The monoisotopic (exact) mass is 210 g/mol. The Morgan fingerprint density at radius 3 is 3.13 bits per heavy atom. The highest BCUT2D eigenvalue weighted by molar-refractivity contribution is 5.19. The normalized spacial score (nSPS) is 20.3. The van der Waals surface area contributed by atoms with E-state index in [9.17, 15) is 0 Å². The molecule has 0 radical (unpaired) electrons. The van der Waals surface area contributed by atoms with Crippen LogP contribution in [-0.4, -0.2) is 34.8 Å². The van der Waals surface area contributed by atoms with Gasteiger partial charge in [-0.1, -0.05) is 5.21 Å². The van der Waals surface area contributed by atoms with Gasteiger partial charge in [0, 0.05) is 32.2 Å². The van der Waals surface area contributed by atoms with Gasteiger partial charge in [-0.05, 0) is 13.8 Å². The Labute approximate surface area is 89.8 Å². The Balaban J connectivity index is 2.19. The van der Waals surface area contributed by atoms with Gasteiger partial charge in [0.15, 0.2) is 0 Å². The molecular weight excluding hydrogens is 192 g/mol. The van der Waals surface area contributed by atoms with Gasteiger partial charge in [-0.15, -0.1) is 5.10 Å². The number of hydrogen-bond donors (Lipinski definition) is 1. The smallest absolute Gasteiger partial charge is 0.100 e. The van der Waals surface area contributed by atoms with Gasteiger partial charge in [0.25, 0.3) is 0 Å². The van der Waals surface area contributed by atoms with Gasteiger partial charge in [0.1, 0.15) is 5.69 Å². The standard InChI is InChI=1S/C10H18N4O/c1-3-14-10-8(7-15-4-2)5-11-6-9(10)12-13-14/h8,11H,3-7H2,1-2H3/t8-/m1/s1. The predicted octanol–water partition coefficient (Wildman–Crippen LogP) is 0.521. The first-order valence-electron chi connectivity index (χ1n) is 5.57. The SMILES string of the molecule is CCOC[C@H]1CNCc2nnn(CC)c21. The third-order valence-corrected chi connectivity index (χ3v) is 2.74. The van der Waals surface area contributed by atoms with E-state index in [1.807, 2.05) is 11.6 Å². The summed E-state index contributed by atoms with van der Waals surface area (Å²) in [5.74, 6) is 0.392. The quantitative estimate of drug-likeness (QED) is 0.787. The summed E-state index contributed by atoms with van der Waals surface area (Å²) in [6, 6.07) is 0. The van der Waals surface area contributed by atoms with Crippen LogP contribution in [0.25, 0.3) is 0 Å². The molecule has 2 heterocycles. The first-order chi connectivity index (χ1) is 7.36. The van der Waals surface area contributed by atoms with Crippen molar-refractivity contribution in [2.75, 3.05) is 19.8 Å². The van der Waals surface area contributed by atoms with Crippen molar-refractivity contribution < 1.29 is 4.74 Å². The lowest BCUT2D eigenvalue weighted by atomic mass is 10.0. The fraction of sp³-hybridized carbons (Fsp3) is 0.800. The van der Waals surface area contributed by atoms with E-state index >= 15 is 0 Å². The summed E-state index contributed by atoms with van der Waals surface area (Å²) >= 11 is 0. The van der Waals surface area contributed by atoms with Crippen LogP contribution >= 0.6 is 0 Å². The highest BCUT2D eigenvalue weighted by atomic mass is 16.5. The van der Waals surface area contributed by atoms with Gasteiger partial charge in [0.05, 0.1) is 12.3 Å². The second-order valence-electron chi connectivity index (χ2n) is 3.72. The molecule has 5 nitrogen and oxygen atoms in total. The molecule has 0 aromatic carbocycles. The minimum absolute atomic E-state index is 0.392. The number of hydrogen-bond acceptors (Lipinski definition) is 4. The number of nitrogens with zero attached hydrogens (tertiary/aromatic N) is 3. The summed E-state index contributed by atoms with van der Waals surface area (Å²) < 4.78 is 7.48. The lowest BCUT2D eigenvalue weighted by molar-refractivity contribution is 0.127. The molecule has 1 aliphatic rings. The first kappa shape index (κ1) is 10.6. The Morgan fingerprint density at radius 1 is 1.53 bits per heavy atom. The lowest BCUT2D eigenvalue weighted by Gasteiger charge is -2.23. The molecular formula is C10H18N4O. The van der Waals surface area contributed by atoms with Gasteiger partial charge in [0.2, 0.25) is 0 Å². The number of ether oxygens (including phenoxy) is 1. The number of rotatable bonds is 4. The van der Waals surface area contributed by atoms with Crippen molar-refractivity contribution in [2.45, 2.75) is 32.9 Å². The van der Waals surface area contributed by atoms with Gasteiger partial charge in [-0.3, -0.25) is 0 Å². The highest BCUT2D eigenvalue weighted by Crippen LogP contribution is 2.22. The number of aryl methyl sites for hydroxylation is 1. The topological polar surface area (TPSA) is 52.0 Å². The predicted molar refractivity (Wildman–Crippen MR) is 56.6 cm³/mol. The zero-order valence-corrected chi connectivity index (χ0v) is 9.36. The van der Waals surface area contributed by atoms with Gasteiger partial charge >= 0.3 is 0 Å². The van der Waals surface area contributed by atoms with E-state index in [0.717, 1.165) is 38.5 Å². The number of aromatic nitrogens is 3. The van der Waals surface area contributed by atoms with Crippen LogP contribution in [0.3, 0.4) is 0 Å². The fourth-order valence-electron chi connectivity index (χ4n) is 2.02. The molecule has 2 rings (SSSR count). The summed E-state index contributed by atoms with van der Waals surface area (Å²) in [5, 5.41) is 11.7. The van der Waals surface area contributed by atoms with Crippen LogP contribution in [0.1, 0.15) is 31.2 Å². The van der Waals surface area contributed by atoms with Crippen molar-refractivity contribution in [1.29, 1.82) is 0 Å². The molecule has 0 saturated heterocycles. The molecule has 1 aromatic heterocycles. The molecule has 0 spiro atoms. The second kappa shape index (κ2) is 4.72. The van der Waals surface area contributed by atoms with Crippen LogP contribution in [0.2, 0.25) is 0 Å². The molecule has 0 amide bonds. The molecule has 5 heteroatoms. The fourth-order valence-corrected chi connectivity index (χ4v) is 2.02. The molecule has 0 bridgehead atoms. The number of fused-ring (bicyclic) bond motifs is 1.